The summed E-state index contributed by atoms with van der Waals surface area (Å²) in [6.45, 7) is 13.5. The number of nitrogens with zero attached hydrogens (tertiary/aromatic N) is 2. The van der Waals surface area contributed by atoms with E-state index < -0.39 is 5.54 Å². The van der Waals surface area contributed by atoms with Gasteiger partial charge in [-0.3, -0.25) is 0 Å². The number of hydrogen-bond donors (Lipinski definition) is 3. The van der Waals surface area contributed by atoms with E-state index in [-0.39, 0.29) is 11.8 Å². The lowest BCUT2D eigenvalue weighted by atomic mass is 9.85. The number of nitrogens with one attached hydrogen (secondary N) is 1. The molecule has 1 aromatic rings. The van der Waals surface area contributed by atoms with E-state index in [4.69, 9.17) is 12.2 Å². The number of aryl methyl sites for hydroxylation is 1. The number of thiocarbonyl (C=S) groups is 1. The van der Waals surface area contributed by atoms with Gasteiger partial charge in [0, 0.05) is 45.6 Å². The molecule has 2 heterocycles. The average Bonchev–Trinajstić information content (AvgIpc) is 3.06. The van der Waals surface area contributed by atoms with Crippen LogP contribution in [0.5, 0.6) is 0 Å². The Morgan fingerprint density at radius 3 is 2.00 bits per heavy atom. The summed E-state index contributed by atoms with van der Waals surface area (Å²) >= 11 is 8.63. The number of fused-ring (bicyclic) bond motifs is 1. The van der Waals surface area contributed by atoms with Crippen molar-refractivity contribution in [3.8, 4) is 0 Å². The van der Waals surface area contributed by atoms with Crippen LogP contribution in [-0.4, -0.2) is 29.4 Å². The van der Waals surface area contributed by atoms with Crippen molar-refractivity contribution >= 4 is 52.2 Å². The Morgan fingerprint density at radius 1 is 1.00 bits per heavy atom. The van der Waals surface area contributed by atoms with Crippen LogP contribution in [0, 0.1) is 6.92 Å². The first-order valence-corrected chi connectivity index (χ1v) is 11.3. The molecular weight excluding hydrogens is 422 g/mol. The molecule has 0 spiro atoms. The van der Waals surface area contributed by atoms with E-state index in [0.717, 1.165) is 42.6 Å². The Kier molecular flexibility index (Phi) is 5.91. The van der Waals surface area contributed by atoms with Gasteiger partial charge in [0.1, 0.15) is 0 Å². The predicted octanol–water partition coefficient (Wildman–Crippen LogP) is 6.69. The number of aliphatic hydroxyl groups excluding tert-OH is 2. The molecule has 0 aliphatic carbocycles. The Bertz CT molecular complexity index is 937. The second-order valence-electron chi connectivity index (χ2n) is 8.17. The van der Waals surface area contributed by atoms with Crippen LogP contribution in [0.25, 0.3) is 5.57 Å². The Labute approximate surface area is 186 Å². The maximum Gasteiger partial charge on any atom is 0.216 e. The molecule has 156 valence electrons. The zero-order valence-electron chi connectivity index (χ0n) is 17.7. The van der Waals surface area contributed by atoms with Crippen molar-refractivity contribution in [2.24, 2.45) is 0 Å². The largest absolute Gasteiger partial charge is 0.493 e. The molecule has 0 aromatic heterocycles. The lowest BCUT2D eigenvalue weighted by Crippen LogP contribution is -2.43. The lowest BCUT2D eigenvalue weighted by molar-refractivity contribution is 0.132. The Morgan fingerprint density at radius 2 is 1.52 bits per heavy atom. The van der Waals surface area contributed by atoms with Crippen LogP contribution in [0.15, 0.2) is 45.3 Å². The molecule has 0 bridgehead atoms. The van der Waals surface area contributed by atoms with Crippen LogP contribution in [-0.2, 0) is 0 Å². The van der Waals surface area contributed by atoms with Crippen LogP contribution >= 0.6 is 36.1 Å². The number of hydrazine groups is 1. The fraction of sp³-hybridized carbons (Fsp3) is 0.381. The highest BCUT2D eigenvalue weighted by Crippen LogP contribution is 2.54. The van der Waals surface area contributed by atoms with E-state index in [2.05, 4.69) is 44.3 Å². The molecule has 0 radical (unpaired) electrons. The molecule has 1 fully saturated rings. The van der Waals surface area contributed by atoms with Gasteiger partial charge in [-0.25, -0.2) is 0 Å². The van der Waals surface area contributed by atoms with E-state index in [1.165, 1.54) is 23.9 Å². The molecular formula is C21H27N3O2S3. The van der Waals surface area contributed by atoms with Crippen LogP contribution < -0.4 is 5.32 Å². The molecule has 2 aliphatic heterocycles. The maximum atomic E-state index is 10.7. The van der Waals surface area contributed by atoms with Crippen molar-refractivity contribution in [2.45, 2.75) is 54.0 Å². The summed E-state index contributed by atoms with van der Waals surface area (Å²) in [7, 11) is 0. The molecule has 8 heteroatoms. The minimum absolute atomic E-state index is 0.0921. The highest BCUT2D eigenvalue weighted by Gasteiger charge is 2.41. The van der Waals surface area contributed by atoms with Crippen molar-refractivity contribution in [1.82, 2.24) is 8.83 Å². The van der Waals surface area contributed by atoms with Gasteiger partial charge in [-0.15, -0.1) is 0 Å². The van der Waals surface area contributed by atoms with Crippen LogP contribution in [0.4, 0.5) is 5.69 Å². The minimum Gasteiger partial charge on any atom is -0.493 e. The first-order valence-electron chi connectivity index (χ1n) is 9.31. The van der Waals surface area contributed by atoms with E-state index in [0.29, 0.717) is 0 Å². The number of allylic oxidation sites excluding steroid dienone is 2. The normalized spacial score (nSPS) is 17.8. The average molecular weight is 450 g/mol. The number of rotatable bonds is 2. The monoisotopic (exact) mass is 449 g/mol. The maximum absolute atomic E-state index is 10.7. The van der Waals surface area contributed by atoms with Crippen LogP contribution in [0.3, 0.4) is 0 Å². The molecule has 1 aromatic carbocycles. The third-order valence-corrected chi connectivity index (χ3v) is 7.67. The van der Waals surface area contributed by atoms with Gasteiger partial charge in [0.25, 0.3) is 0 Å². The molecule has 2 aliphatic rings. The minimum atomic E-state index is -0.392. The van der Waals surface area contributed by atoms with E-state index in [9.17, 15) is 10.2 Å². The fourth-order valence-corrected chi connectivity index (χ4v) is 5.90. The van der Waals surface area contributed by atoms with Gasteiger partial charge in [0.15, 0.2) is 0 Å². The van der Waals surface area contributed by atoms with Gasteiger partial charge in [0.2, 0.25) is 11.8 Å². The molecule has 3 N–H and O–H groups in total. The molecule has 3 rings (SSSR count). The second kappa shape index (κ2) is 7.81. The summed E-state index contributed by atoms with van der Waals surface area (Å²) in [4.78, 5) is 0.806. The van der Waals surface area contributed by atoms with Gasteiger partial charge >= 0.3 is 0 Å². The number of anilines is 1. The van der Waals surface area contributed by atoms with Crippen molar-refractivity contribution in [3.05, 3.63) is 56.5 Å². The van der Waals surface area contributed by atoms with Crippen LogP contribution in [0.2, 0.25) is 0 Å². The second-order valence-corrected chi connectivity index (χ2v) is 10.7. The van der Waals surface area contributed by atoms with Crippen molar-refractivity contribution < 1.29 is 10.2 Å². The summed E-state index contributed by atoms with van der Waals surface area (Å²) in [6.07, 6.45) is 0. The molecule has 5 nitrogen and oxygen atoms in total. The Hall–Kier alpha value is -1.77. The van der Waals surface area contributed by atoms with Gasteiger partial charge in [-0.1, -0.05) is 23.8 Å². The first-order chi connectivity index (χ1) is 13.4. The lowest BCUT2D eigenvalue weighted by Gasteiger charge is -2.36. The molecule has 0 amide bonds. The summed E-state index contributed by atoms with van der Waals surface area (Å²) in [5.74, 6) is 0.184. The number of aliphatic hydroxyl groups is 2. The smallest absolute Gasteiger partial charge is 0.216 e. The molecule has 0 atom stereocenters. The Balaban J connectivity index is 2.22. The zero-order valence-corrected chi connectivity index (χ0v) is 20.2. The third-order valence-electron chi connectivity index (χ3n) is 4.65. The quantitative estimate of drug-likeness (QED) is 0.200. The predicted molar refractivity (Wildman–Crippen MR) is 129 cm³/mol. The molecule has 0 unspecified atom stereocenters. The van der Waals surface area contributed by atoms with Crippen molar-refractivity contribution in [1.29, 1.82) is 0 Å². The standard InChI is InChI=1S/C21H27N3O2S3/c1-11(2)18(25)23-24(19(26)12(3)4)29-20(28-23)16-14-10-13(5)8-9-15(14)22-21(6,7)17(16)27/h8-10,22,25-26H,1-7H3. The van der Waals surface area contributed by atoms with Gasteiger partial charge in [-0.05, 0) is 71.7 Å². The van der Waals surface area contributed by atoms with Crippen molar-refractivity contribution in [2.75, 3.05) is 5.32 Å². The van der Waals surface area contributed by atoms with E-state index in [1.54, 1.807) is 8.83 Å². The molecule has 29 heavy (non-hydrogen) atoms. The van der Waals surface area contributed by atoms with E-state index >= 15 is 0 Å². The SMILES string of the molecule is CC(C)=C(O)N1SC(=C2C(=S)C(C)(C)Nc3ccc(C)cc32)SN1C(O)=C(C)C. The van der Waals surface area contributed by atoms with Crippen molar-refractivity contribution in [3.63, 3.8) is 0 Å². The summed E-state index contributed by atoms with van der Waals surface area (Å²) in [5, 5.41) is 24.9. The zero-order chi connectivity index (χ0) is 21.7. The fourth-order valence-electron chi connectivity index (χ4n) is 2.99. The first kappa shape index (κ1) is 21.9. The summed E-state index contributed by atoms with van der Waals surface area (Å²) in [6, 6.07) is 6.29. The van der Waals surface area contributed by atoms with Gasteiger partial charge in [-0.2, -0.15) is 8.83 Å². The number of hydrogen-bond acceptors (Lipinski definition) is 8. The number of benzene rings is 1. The summed E-state index contributed by atoms with van der Waals surface area (Å²) < 4.78 is 4.13. The molecule has 0 saturated carbocycles. The van der Waals surface area contributed by atoms with E-state index in [1.807, 2.05) is 27.7 Å². The van der Waals surface area contributed by atoms with Crippen LogP contribution in [0.1, 0.15) is 52.7 Å². The highest BCUT2D eigenvalue weighted by molar-refractivity contribution is 8.23. The topological polar surface area (TPSA) is 59.0 Å². The highest BCUT2D eigenvalue weighted by atomic mass is 32.2. The van der Waals surface area contributed by atoms with Gasteiger partial charge in [0.05, 0.1) is 9.78 Å². The van der Waals surface area contributed by atoms with Gasteiger partial charge < -0.3 is 15.5 Å². The summed E-state index contributed by atoms with van der Waals surface area (Å²) in [5.41, 5.74) is 5.29. The third kappa shape index (κ3) is 3.98. The molecule has 1 saturated heterocycles.